The lowest BCUT2D eigenvalue weighted by Gasteiger charge is -2.31. The topological polar surface area (TPSA) is 38.1 Å². The van der Waals surface area contributed by atoms with Crippen molar-refractivity contribution in [3.05, 3.63) is 64.5 Å². The summed E-state index contributed by atoms with van der Waals surface area (Å²) in [6.45, 7) is 4.72. The highest BCUT2D eigenvalue weighted by Crippen LogP contribution is 2.23. The van der Waals surface area contributed by atoms with Gasteiger partial charge in [-0.1, -0.05) is 29.8 Å². The maximum absolute atomic E-state index is 12.7. The van der Waals surface area contributed by atoms with E-state index < -0.39 is 0 Å². The summed E-state index contributed by atoms with van der Waals surface area (Å²) in [6, 6.07) is 12.1. The first-order valence-electron chi connectivity index (χ1n) is 9.08. The highest BCUT2D eigenvalue weighted by Gasteiger charge is 2.25. The average Bonchev–Trinajstić information content (AvgIpc) is 3.34. The summed E-state index contributed by atoms with van der Waals surface area (Å²) in [5, 5.41) is 8.86. The standard InChI is InChI=1S/C21H23N3OS/c1-16-2-4-17(5-3-16)21(25)18-6-10-23(11-7-18)15-24-12-8-20(22-24)19-9-13-26-14-19/h2-5,8-9,12-14,18H,6-7,10-11,15H2,1H3. The van der Waals surface area contributed by atoms with Crippen molar-refractivity contribution in [2.75, 3.05) is 13.1 Å². The molecule has 0 atom stereocenters. The van der Waals surface area contributed by atoms with E-state index in [1.807, 2.05) is 42.1 Å². The highest BCUT2D eigenvalue weighted by molar-refractivity contribution is 7.08. The fourth-order valence-electron chi connectivity index (χ4n) is 3.50. The minimum atomic E-state index is 0.146. The molecule has 3 heterocycles. The number of hydrogen-bond acceptors (Lipinski definition) is 4. The number of rotatable bonds is 5. The lowest BCUT2D eigenvalue weighted by molar-refractivity contribution is 0.0805. The zero-order valence-electron chi connectivity index (χ0n) is 15.0. The molecule has 0 unspecified atom stereocenters. The summed E-state index contributed by atoms with van der Waals surface area (Å²) in [5.74, 6) is 0.441. The summed E-state index contributed by atoms with van der Waals surface area (Å²) in [4.78, 5) is 15.1. The van der Waals surface area contributed by atoms with E-state index in [2.05, 4.69) is 32.9 Å². The van der Waals surface area contributed by atoms with Gasteiger partial charge in [0.1, 0.15) is 0 Å². The fraction of sp³-hybridized carbons (Fsp3) is 0.333. The Labute approximate surface area is 158 Å². The molecule has 1 saturated heterocycles. The Morgan fingerprint density at radius 3 is 2.62 bits per heavy atom. The van der Waals surface area contributed by atoms with Gasteiger partial charge in [-0.3, -0.25) is 14.4 Å². The molecule has 1 fully saturated rings. The normalized spacial score (nSPS) is 16.0. The van der Waals surface area contributed by atoms with E-state index in [1.165, 1.54) is 11.1 Å². The van der Waals surface area contributed by atoms with Crippen LogP contribution in [0.3, 0.4) is 0 Å². The van der Waals surface area contributed by atoms with E-state index in [1.54, 1.807) is 11.3 Å². The Balaban J connectivity index is 1.32. The zero-order chi connectivity index (χ0) is 17.9. The number of carbonyl (C=O) groups excluding carboxylic acids is 1. The van der Waals surface area contributed by atoms with Crippen LogP contribution in [0.25, 0.3) is 11.3 Å². The van der Waals surface area contributed by atoms with Gasteiger partial charge in [-0.05, 0) is 37.3 Å². The van der Waals surface area contributed by atoms with Crippen LogP contribution in [0.15, 0.2) is 53.4 Å². The number of hydrogen-bond donors (Lipinski definition) is 0. The third-order valence-corrected chi connectivity index (χ3v) is 5.78. The Morgan fingerprint density at radius 1 is 1.15 bits per heavy atom. The van der Waals surface area contributed by atoms with Crippen LogP contribution >= 0.6 is 11.3 Å². The maximum atomic E-state index is 12.7. The molecule has 0 radical (unpaired) electrons. The number of carbonyl (C=O) groups is 1. The van der Waals surface area contributed by atoms with Crippen molar-refractivity contribution in [1.29, 1.82) is 0 Å². The van der Waals surface area contributed by atoms with E-state index >= 15 is 0 Å². The SMILES string of the molecule is Cc1ccc(C(=O)C2CCN(Cn3ccc(-c4ccsc4)n3)CC2)cc1. The van der Waals surface area contributed by atoms with Gasteiger partial charge in [0.05, 0.1) is 12.4 Å². The van der Waals surface area contributed by atoms with E-state index in [0.29, 0.717) is 5.78 Å². The zero-order valence-corrected chi connectivity index (χ0v) is 15.8. The van der Waals surface area contributed by atoms with Crippen molar-refractivity contribution in [1.82, 2.24) is 14.7 Å². The third kappa shape index (κ3) is 3.79. The molecule has 2 aromatic heterocycles. The number of nitrogens with zero attached hydrogens (tertiary/aromatic N) is 3. The molecule has 0 amide bonds. The van der Waals surface area contributed by atoms with Gasteiger partial charge in [-0.25, -0.2) is 0 Å². The lowest BCUT2D eigenvalue weighted by Crippen LogP contribution is -2.37. The van der Waals surface area contributed by atoms with E-state index in [0.717, 1.165) is 43.9 Å². The van der Waals surface area contributed by atoms with Crippen molar-refractivity contribution < 1.29 is 4.79 Å². The predicted octanol–water partition coefficient (Wildman–Crippen LogP) is 4.47. The minimum Gasteiger partial charge on any atom is -0.294 e. The van der Waals surface area contributed by atoms with Crippen LogP contribution in [-0.2, 0) is 6.67 Å². The Kier molecular flexibility index (Phi) is 5.00. The highest BCUT2D eigenvalue weighted by atomic mass is 32.1. The van der Waals surface area contributed by atoms with Crippen LogP contribution < -0.4 is 0 Å². The second-order valence-corrected chi connectivity index (χ2v) is 7.80. The first-order chi connectivity index (χ1) is 12.7. The maximum Gasteiger partial charge on any atom is 0.166 e. The van der Waals surface area contributed by atoms with E-state index in [9.17, 15) is 4.79 Å². The predicted molar refractivity (Wildman–Crippen MR) is 105 cm³/mol. The number of ketones is 1. The van der Waals surface area contributed by atoms with Gasteiger partial charge >= 0.3 is 0 Å². The summed E-state index contributed by atoms with van der Waals surface area (Å²) in [7, 11) is 0. The van der Waals surface area contributed by atoms with Gasteiger partial charge < -0.3 is 0 Å². The van der Waals surface area contributed by atoms with E-state index in [4.69, 9.17) is 0 Å². The monoisotopic (exact) mass is 365 g/mol. The van der Waals surface area contributed by atoms with Crippen LogP contribution in [0.1, 0.15) is 28.8 Å². The smallest absolute Gasteiger partial charge is 0.166 e. The van der Waals surface area contributed by atoms with Crippen LogP contribution in [0.5, 0.6) is 0 Å². The second kappa shape index (κ2) is 7.56. The van der Waals surface area contributed by atoms with Gasteiger partial charge in [0, 0.05) is 41.7 Å². The van der Waals surface area contributed by atoms with Crippen LogP contribution in [0.4, 0.5) is 0 Å². The van der Waals surface area contributed by atoms with Crippen molar-refractivity contribution in [3.8, 4) is 11.3 Å². The fourth-order valence-corrected chi connectivity index (χ4v) is 4.15. The molecule has 3 aromatic rings. The molecule has 26 heavy (non-hydrogen) atoms. The Morgan fingerprint density at radius 2 is 1.92 bits per heavy atom. The first kappa shape index (κ1) is 17.2. The summed E-state index contributed by atoms with van der Waals surface area (Å²) in [5.41, 5.74) is 4.24. The lowest BCUT2D eigenvalue weighted by atomic mass is 9.89. The number of aromatic nitrogens is 2. The summed E-state index contributed by atoms with van der Waals surface area (Å²) >= 11 is 1.69. The Bertz CT molecular complexity index is 859. The molecule has 1 aromatic carbocycles. The molecule has 1 aliphatic rings. The van der Waals surface area contributed by atoms with Crippen LogP contribution in [0.2, 0.25) is 0 Å². The molecular weight excluding hydrogens is 342 g/mol. The van der Waals surface area contributed by atoms with Gasteiger partial charge in [-0.15, -0.1) is 0 Å². The van der Waals surface area contributed by atoms with Gasteiger partial charge in [0.25, 0.3) is 0 Å². The Hall–Kier alpha value is -2.24. The molecule has 134 valence electrons. The van der Waals surface area contributed by atoms with Gasteiger partial charge in [0.2, 0.25) is 0 Å². The molecule has 0 bridgehead atoms. The van der Waals surface area contributed by atoms with Crippen molar-refractivity contribution in [2.24, 2.45) is 5.92 Å². The van der Waals surface area contributed by atoms with E-state index in [-0.39, 0.29) is 5.92 Å². The quantitative estimate of drug-likeness (QED) is 0.626. The number of thiophene rings is 1. The van der Waals surface area contributed by atoms with Crippen molar-refractivity contribution in [2.45, 2.75) is 26.4 Å². The molecule has 1 aliphatic heterocycles. The molecule has 0 aliphatic carbocycles. The number of likely N-dealkylation sites (tertiary alicyclic amines) is 1. The molecule has 4 rings (SSSR count). The first-order valence-corrected chi connectivity index (χ1v) is 10.0. The molecule has 0 N–H and O–H groups in total. The third-order valence-electron chi connectivity index (χ3n) is 5.10. The van der Waals surface area contributed by atoms with Gasteiger partial charge in [-0.2, -0.15) is 16.4 Å². The van der Waals surface area contributed by atoms with Gasteiger partial charge in [0.15, 0.2) is 5.78 Å². The number of piperidine rings is 1. The van der Waals surface area contributed by atoms with Crippen LogP contribution in [0, 0.1) is 12.8 Å². The molecular formula is C21H23N3OS. The molecule has 5 heteroatoms. The minimum absolute atomic E-state index is 0.146. The number of Topliss-reactive ketones (excluding diaryl/α,β-unsaturated/α-hetero) is 1. The molecule has 4 nitrogen and oxygen atoms in total. The van der Waals surface area contributed by atoms with Crippen molar-refractivity contribution >= 4 is 17.1 Å². The molecule has 0 saturated carbocycles. The molecule has 0 spiro atoms. The second-order valence-electron chi connectivity index (χ2n) is 7.02. The number of benzene rings is 1. The van der Waals surface area contributed by atoms with Crippen molar-refractivity contribution in [3.63, 3.8) is 0 Å². The van der Waals surface area contributed by atoms with Crippen LogP contribution in [-0.4, -0.2) is 33.6 Å². The summed E-state index contributed by atoms with van der Waals surface area (Å²) in [6.07, 6.45) is 3.88. The number of aryl methyl sites for hydroxylation is 1. The summed E-state index contributed by atoms with van der Waals surface area (Å²) < 4.78 is 2.00. The largest absolute Gasteiger partial charge is 0.294 e. The average molecular weight is 366 g/mol.